The van der Waals surface area contributed by atoms with Crippen LogP contribution < -0.4 is 4.74 Å². The monoisotopic (exact) mass is 321 g/mol. The smallest absolute Gasteiger partial charge is 0.354 e. The largest absolute Gasteiger partial charge is 0.477 e. The van der Waals surface area contributed by atoms with Crippen LogP contribution in [0.4, 0.5) is 8.78 Å². The summed E-state index contributed by atoms with van der Waals surface area (Å²) in [5, 5.41) is 18.4. The van der Waals surface area contributed by atoms with E-state index in [9.17, 15) is 23.8 Å². The third kappa shape index (κ3) is 2.87. The Balaban J connectivity index is 2.19. The molecule has 0 amide bonds. The summed E-state index contributed by atoms with van der Waals surface area (Å²) >= 11 is 0. The number of aromatic nitrogens is 1. The van der Waals surface area contributed by atoms with E-state index in [1.807, 2.05) is 0 Å². The average Bonchev–Trinajstić information content (AvgIpc) is 2.53. The number of pyridine rings is 1. The number of aromatic carboxylic acids is 1. The molecule has 7 heteroatoms. The van der Waals surface area contributed by atoms with Gasteiger partial charge in [0, 0.05) is 17.2 Å². The standard InChI is InChI=1S/C16H13F2NO4/c17-8-1-3-10(13(18)5-8)12-6-14(16(21)22)19-15-11(12)4-2-9(7-20)23-15/h1,3,5-6,9,20H,2,4,7H2,(H,21,22)/t9-/m1/s1. The molecule has 0 aliphatic carbocycles. The van der Waals surface area contributed by atoms with Gasteiger partial charge in [-0.1, -0.05) is 0 Å². The molecule has 1 aromatic heterocycles. The first-order chi connectivity index (χ1) is 11.0. The van der Waals surface area contributed by atoms with Gasteiger partial charge >= 0.3 is 5.97 Å². The summed E-state index contributed by atoms with van der Waals surface area (Å²) in [5.74, 6) is -2.73. The number of ether oxygens (including phenoxy) is 1. The summed E-state index contributed by atoms with van der Waals surface area (Å²) in [6.07, 6.45) is 0.456. The summed E-state index contributed by atoms with van der Waals surface area (Å²) in [4.78, 5) is 15.2. The van der Waals surface area contributed by atoms with Crippen LogP contribution in [0.3, 0.4) is 0 Å². The van der Waals surface area contributed by atoms with Crippen molar-refractivity contribution in [2.45, 2.75) is 18.9 Å². The second kappa shape index (κ2) is 5.92. The molecule has 0 radical (unpaired) electrons. The van der Waals surface area contributed by atoms with Gasteiger partial charge < -0.3 is 14.9 Å². The Labute approximate surface area is 130 Å². The van der Waals surface area contributed by atoms with Gasteiger partial charge in [0.15, 0.2) is 5.69 Å². The highest BCUT2D eigenvalue weighted by atomic mass is 19.1. The fourth-order valence-corrected chi connectivity index (χ4v) is 2.60. The fourth-order valence-electron chi connectivity index (χ4n) is 2.60. The third-order valence-corrected chi connectivity index (χ3v) is 3.72. The Kier molecular flexibility index (Phi) is 3.96. The van der Waals surface area contributed by atoms with Gasteiger partial charge in [-0.3, -0.25) is 0 Å². The number of benzene rings is 1. The summed E-state index contributed by atoms with van der Waals surface area (Å²) in [6.45, 7) is -0.224. The molecule has 23 heavy (non-hydrogen) atoms. The van der Waals surface area contributed by atoms with E-state index in [1.165, 1.54) is 12.1 Å². The van der Waals surface area contributed by atoms with Gasteiger partial charge in [-0.05, 0) is 36.6 Å². The molecule has 1 aromatic carbocycles. The van der Waals surface area contributed by atoms with Crippen molar-refractivity contribution in [3.63, 3.8) is 0 Å². The molecule has 2 aromatic rings. The van der Waals surface area contributed by atoms with Crippen LogP contribution in [0.1, 0.15) is 22.5 Å². The van der Waals surface area contributed by atoms with E-state index in [2.05, 4.69) is 4.98 Å². The highest BCUT2D eigenvalue weighted by Crippen LogP contribution is 2.36. The van der Waals surface area contributed by atoms with Crippen molar-refractivity contribution in [3.05, 3.63) is 47.2 Å². The molecule has 0 spiro atoms. The van der Waals surface area contributed by atoms with E-state index in [4.69, 9.17) is 4.74 Å². The minimum Gasteiger partial charge on any atom is -0.477 e. The molecule has 5 nitrogen and oxygen atoms in total. The van der Waals surface area contributed by atoms with Crippen molar-refractivity contribution >= 4 is 5.97 Å². The number of fused-ring (bicyclic) bond motifs is 1. The molecule has 1 aliphatic rings. The van der Waals surface area contributed by atoms with Gasteiger partial charge in [0.25, 0.3) is 0 Å². The minimum absolute atomic E-state index is 0.0638. The number of aliphatic hydroxyl groups is 1. The zero-order valence-corrected chi connectivity index (χ0v) is 11.9. The topological polar surface area (TPSA) is 79.7 Å². The van der Waals surface area contributed by atoms with E-state index in [-0.39, 0.29) is 23.7 Å². The van der Waals surface area contributed by atoms with Crippen LogP contribution in [0.2, 0.25) is 0 Å². The average molecular weight is 321 g/mol. The Bertz CT molecular complexity index is 779. The van der Waals surface area contributed by atoms with Crippen LogP contribution in [-0.2, 0) is 6.42 Å². The van der Waals surface area contributed by atoms with Crippen molar-refractivity contribution in [2.75, 3.05) is 6.61 Å². The maximum atomic E-state index is 14.1. The van der Waals surface area contributed by atoms with E-state index >= 15 is 0 Å². The first-order valence-corrected chi connectivity index (χ1v) is 6.99. The van der Waals surface area contributed by atoms with E-state index in [0.717, 1.165) is 12.1 Å². The predicted octanol–water partition coefficient (Wildman–Crippen LogP) is 2.41. The molecule has 0 fully saturated rings. The summed E-state index contributed by atoms with van der Waals surface area (Å²) in [7, 11) is 0. The molecule has 1 atom stereocenters. The van der Waals surface area contributed by atoms with Crippen molar-refractivity contribution in [2.24, 2.45) is 0 Å². The van der Waals surface area contributed by atoms with Gasteiger partial charge in [0.1, 0.15) is 17.7 Å². The van der Waals surface area contributed by atoms with Crippen LogP contribution in [0.15, 0.2) is 24.3 Å². The lowest BCUT2D eigenvalue weighted by Crippen LogP contribution is -2.27. The van der Waals surface area contributed by atoms with E-state index in [0.29, 0.717) is 24.0 Å². The Morgan fingerprint density at radius 1 is 1.30 bits per heavy atom. The Morgan fingerprint density at radius 3 is 2.74 bits per heavy atom. The van der Waals surface area contributed by atoms with Gasteiger partial charge in [-0.2, -0.15) is 0 Å². The van der Waals surface area contributed by atoms with Gasteiger partial charge in [-0.25, -0.2) is 18.6 Å². The number of carboxylic acids is 1. The second-order valence-electron chi connectivity index (χ2n) is 5.23. The lowest BCUT2D eigenvalue weighted by atomic mass is 9.94. The number of rotatable bonds is 3. The second-order valence-corrected chi connectivity index (χ2v) is 5.23. The Hall–Kier alpha value is -2.54. The molecule has 1 aliphatic heterocycles. The van der Waals surface area contributed by atoms with Crippen LogP contribution in [0, 0.1) is 11.6 Å². The number of halogens is 2. The lowest BCUT2D eigenvalue weighted by molar-refractivity contribution is 0.0682. The quantitative estimate of drug-likeness (QED) is 0.907. The maximum absolute atomic E-state index is 14.1. The molecule has 2 heterocycles. The van der Waals surface area contributed by atoms with Crippen molar-refractivity contribution in [1.82, 2.24) is 4.98 Å². The molecule has 0 unspecified atom stereocenters. The predicted molar refractivity (Wildman–Crippen MR) is 76.4 cm³/mol. The number of hydrogen-bond donors (Lipinski definition) is 2. The molecular formula is C16H13F2NO4. The lowest BCUT2D eigenvalue weighted by Gasteiger charge is -2.26. The number of aliphatic hydroxyl groups excluding tert-OH is 1. The molecule has 120 valence electrons. The highest BCUT2D eigenvalue weighted by molar-refractivity contribution is 5.88. The third-order valence-electron chi connectivity index (χ3n) is 3.72. The summed E-state index contributed by atoms with van der Waals surface area (Å²) in [6, 6.07) is 4.35. The van der Waals surface area contributed by atoms with Crippen LogP contribution in [0.25, 0.3) is 11.1 Å². The molecule has 2 N–H and O–H groups in total. The SMILES string of the molecule is O=C(O)c1cc(-c2ccc(F)cc2F)c2c(n1)O[C@@H](CO)CC2. The minimum atomic E-state index is -1.29. The van der Waals surface area contributed by atoms with E-state index < -0.39 is 23.7 Å². The zero-order valence-electron chi connectivity index (χ0n) is 11.9. The number of nitrogens with zero attached hydrogens (tertiary/aromatic N) is 1. The van der Waals surface area contributed by atoms with Gasteiger partial charge in [-0.15, -0.1) is 0 Å². The Morgan fingerprint density at radius 2 is 2.09 bits per heavy atom. The number of carboxylic acid groups (broad SMARTS) is 1. The molecule has 0 saturated carbocycles. The van der Waals surface area contributed by atoms with Crippen molar-refractivity contribution in [3.8, 4) is 17.0 Å². The number of hydrogen-bond acceptors (Lipinski definition) is 4. The van der Waals surface area contributed by atoms with Crippen molar-refractivity contribution in [1.29, 1.82) is 0 Å². The van der Waals surface area contributed by atoms with Crippen LogP contribution >= 0.6 is 0 Å². The first-order valence-electron chi connectivity index (χ1n) is 6.99. The van der Waals surface area contributed by atoms with Crippen molar-refractivity contribution < 1.29 is 28.5 Å². The molecule has 3 rings (SSSR count). The fraction of sp³-hybridized carbons (Fsp3) is 0.250. The molecular weight excluding hydrogens is 308 g/mol. The molecule has 0 bridgehead atoms. The summed E-state index contributed by atoms with van der Waals surface area (Å²) < 4.78 is 32.7. The highest BCUT2D eigenvalue weighted by Gasteiger charge is 2.26. The van der Waals surface area contributed by atoms with Crippen LogP contribution in [0.5, 0.6) is 5.88 Å². The van der Waals surface area contributed by atoms with E-state index in [1.54, 1.807) is 0 Å². The maximum Gasteiger partial charge on any atom is 0.354 e. The normalized spacial score (nSPS) is 16.6. The first kappa shape index (κ1) is 15.4. The van der Waals surface area contributed by atoms with Gasteiger partial charge in [0.05, 0.1) is 6.61 Å². The van der Waals surface area contributed by atoms with Crippen LogP contribution in [-0.4, -0.2) is 33.9 Å². The summed E-state index contributed by atoms with van der Waals surface area (Å²) in [5.41, 5.74) is 0.631. The van der Waals surface area contributed by atoms with Gasteiger partial charge in [0.2, 0.25) is 5.88 Å². The molecule has 0 saturated heterocycles. The zero-order chi connectivity index (χ0) is 16.6. The number of carbonyl (C=O) groups is 1.